The number of carbonyl (C=O) groups excluding carboxylic acids is 2. The molecule has 0 saturated carbocycles. The highest BCUT2D eigenvalue weighted by atomic mass is 16.7. The zero-order valence-electron chi connectivity index (χ0n) is 6.28. The Hall–Kier alpha value is -1.09. The molecule has 0 aromatic heterocycles. The van der Waals surface area contributed by atoms with E-state index in [0.717, 1.165) is 0 Å². The maximum Gasteiger partial charge on any atom is 0.709 e. The van der Waals surface area contributed by atoms with E-state index in [-0.39, 0.29) is 0 Å². The Morgan fingerprint density at radius 3 is 1.46 bits per heavy atom. The molecule has 0 aliphatic heterocycles. The second kappa shape index (κ2) is 5.54. The summed E-state index contributed by atoms with van der Waals surface area (Å²) in [4.78, 5) is 20.9. The highest BCUT2D eigenvalue weighted by Crippen LogP contribution is 1.91. The molecule has 0 rings (SSSR count). The van der Waals surface area contributed by atoms with Gasteiger partial charge in [0.05, 0.1) is 0 Å². The van der Waals surface area contributed by atoms with Crippen molar-refractivity contribution < 1.29 is 39.0 Å². The Morgan fingerprint density at radius 1 is 0.923 bits per heavy atom. The number of rotatable bonds is 4. The number of hydrogen-bond donors (Lipinski definition) is 4. The van der Waals surface area contributed by atoms with Crippen molar-refractivity contribution >= 4 is 26.6 Å². The Morgan fingerprint density at radius 2 is 1.23 bits per heavy atom. The van der Waals surface area contributed by atoms with Crippen LogP contribution in [0.25, 0.3) is 0 Å². The van der Waals surface area contributed by atoms with Gasteiger partial charge in [-0.15, -0.1) is 0 Å². The van der Waals surface area contributed by atoms with Gasteiger partial charge in [0.1, 0.15) is 6.42 Å². The van der Waals surface area contributed by atoms with Crippen LogP contribution in [0.4, 0.5) is 0 Å². The lowest BCUT2D eigenvalue weighted by molar-refractivity contribution is -0.146. The second-order valence-corrected chi connectivity index (χ2v) is 1.81. The summed E-state index contributed by atoms with van der Waals surface area (Å²) in [6.45, 7) is 0. The number of carbonyl (C=O) groups is 2. The molecule has 0 heterocycles. The average molecular weight is 192 g/mol. The molecule has 8 nitrogen and oxygen atoms in total. The fourth-order valence-electron chi connectivity index (χ4n) is 0.436. The first kappa shape index (κ1) is 11.9. The van der Waals surface area contributed by atoms with Gasteiger partial charge in [0.2, 0.25) is 0 Å². The lowest BCUT2D eigenvalue weighted by Gasteiger charge is -2.03. The molecular weight excluding hydrogens is 186 g/mol. The normalized spacial score (nSPS) is 8.92. The van der Waals surface area contributed by atoms with Crippen LogP contribution in [-0.2, 0) is 18.9 Å². The molecule has 0 amide bonds. The summed E-state index contributed by atoms with van der Waals surface area (Å²) >= 11 is 0. The van der Waals surface area contributed by atoms with Crippen LogP contribution in [0.5, 0.6) is 0 Å². The standard InChI is InChI=1S/C3H6B2O8/c6-2(12-4(8)9)1-3(7)13-5(10)11/h8-11H,1H2. The van der Waals surface area contributed by atoms with Crippen LogP contribution in [-0.4, -0.2) is 46.7 Å². The lowest BCUT2D eigenvalue weighted by atomic mass is 10.2. The third-order valence-electron chi connectivity index (χ3n) is 0.762. The SMILES string of the molecule is O=C(CC(=O)OB(O)O)OB(O)O. The van der Waals surface area contributed by atoms with Gasteiger partial charge in [-0.1, -0.05) is 0 Å². The molecule has 72 valence electrons. The van der Waals surface area contributed by atoms with Gasteiger partial charge in [0.25, 0.3) is 0 Å². The molecule has 0 aliphatic rings. The summed E-state index contributed by atoms with van der Waals surface area (Å²) in [5.41, 5.74) is 0. The highest BCUT2D eigenvalue weighted by Gasteiger charge is 2.22. The van der Waals surface area contributed by atoms with E-state index in [4.69, 9.17) is 20.1 Å². The van der Waals surface area contributed by atoms with E-state index in [9.17, 15) is 9.59 Å². The monoisotopic (exact) mass is 192 g/mol. The third kappa shape index (κ3) is 7.28. The molecule has 0 aliphatic carbocycles. The first-order valence-electron chi connectivity index (χ1n) is 3.03. The highest BCUT2D eigenvalue weighted by molar-refractivity contribution is 6.37. The largest absolute Gasteiger partial charge is 0.709 e. The van der Waals surface area contributed by atoms with Gasteiger partial charge in [-0.3, -0.25) is 9.59 Å². The van der Waals surface area contributed by atoms with Crippen LogP contribution < -0.4 is 0 Å². The summed E-state index contributed by atoms with van der Waals surface area (Å²) in [6.07, 6.45) is -0.949. The van der Waals surface area contributed by atoms with E-state index in [2.05, 4.69) is 9.31 Å². The van der Waals surface area contributed by atoms with Crippen molar-refractivity contribution in [2.45, 2.75) is 6.42 Å². The fraction of sp³-hybridized carbons (Fsp3) is 0.333. The minimum Gasteiger partial charge on any atom is -0.485 e. The van der Waals surface area contributed by atoms with Crippen molar-refractivity contribution in [3.63, 3.8) is 0 Å². The van der Waals surface area contributed by atoms with E-state index in [1.165, 1.54) is 0 Å². The zero-order chi connectivity index (χ0) is 10.4. The predicted molar refractivity (Wildman–Crippen MR) is 37.2 cm³/mol. The van der Waals surface area contributed by atoms with E-state index in [1.54, 1.807) is 0 Å². The topological polar surface area (TPSA) is 134 Å². The first-order chi connectivity index (χ1) is 5.91. The van der Waals surface area contributed by atoms with Crippen LogP contribution in [0.15, 0.2) is 0 Å². The summed E-state index contributed by atoms with van der Waals surface area (Å²) in [5, 5.41) is 32.3. The molecule has 0 aromatic rings. The molecule has 0 fully saturated rings. The summed E-state index contributed by atoms with van der Waals surface area (Å²) in [7, 11) is -4.64. The fourth-order valence-corrected chi connectivity index (χ4v) is 0.436. The second-order valence-electron chi connectivity index (χ2n) is 1.81. The van der Waals surface area contributed by atoms with Crippen LogP contribution in [0.2, 0.25) is 0 Å². The molecule has 0 saturated heterocycles. The molecule has 10 heteroatoms. The van der Waals surface area contributed by atoms with Gasteiger partial charge < -0.3 is 29.4 Å². The van der Waals surface area contributed by atoms with Crippen molar-refractivity contribution in [2.24, 2.45) is 0 Å². The van der Waals surface area contributed by atoms with Gasteiger partial charge in [-0.25, -0.2) is 0 Å². The predicted octanol–water partition coefficient (Wildman–Crippen LogP) is -3.60. The van der Waals surface area contributed by atoms with Crippen molar-refractivity contribution in [1.29, 1.82) is 0 Å². The van der Waals surface area contributed by atoms with Crippen molar-refractivity contribution in [3.8, 4) is 0 Å². The third-order valence-corrected chi connectivity index (χ3v) is 0.762. The van der Waals surface area contributed by atoms with E-state index in [0.29, 0.717) is 0 Å². The molecule has 0 unspecified atom stereocenters. The molecule has 13 heavy (non-hydrogen) atoms. The Bertz CT molecular complexity index is 170. The molecule has 4 N–H and O–H groups in total. The molecule has 0 radical (unpaired) electrons. The average Bonchev–Trinajstić information content (AvgIpc) is 1.80. The minimum absolute atomic E-state index is 0.949. The first-order valence-corrected chi connectivity index (χ1v) is 3.03. The Labute approximate surface area is 73.1 Å². The van der Waals surface area contributed by atoms with Gasteiger partial charge >= 0.3 is 26.6 Å². The van der Waals surface area contributed by atoms with E-state index >= 15 is 0 Å². The number of hydrogen-bond acceptors (Lipinski definition) is 8. The quantitative estimate of drug-likeness (QED) is 0.265. The maximum atomic E-state index is 10.4. The van der Waals surface area contributed by atoms with Crippen molar-refractivity contribution in [2.75, 3.05) is 0 Å². The zero-order valence-corrected chi connectivity index (χ0v) is 6.28. The van der Waals surface area contributed by atoms with Crippen molar-refractivity contribution in [1.82, 2.24) is 0 Å². The minimum atomic E-state index is -2.32. The van der Waals surface area contributed by atoms with Gasteiger partial charge in [-0.2, -0.15) is 0 Å². The van der Waals surface area contributed by atoms with Gasteiger partial charge in [0, 0.05) is 0 Å². The molecule has 0 spiro atoms. The van der Waals surface area contributed by atoms with Gasteiger partial charge in [-0.05, 0) is 0 Å². The maximum absolute atomic E-state index is 10.4. The van der Waals surface area contributed by atoms with Gasteiger partial charge in [0.15, 0.2) is 0 Å². The summed E-state index contributed by atoms with van der Waals surface area (Å²) in [6, 6.07) is 0. The van der Waals surface area contributed by atoms with Crippen LogP contribution in [0, 0.1) is 0 Å². The van der Waals surface area contributed by atoms with E-state index in [1.807, 2.05) is 0 Å². The van der Waals surface area contributed by atoms with Crippen LogP contribution >= 0.6 is 0 Å². The van der Waals surface area contributed by atoms with Crippen LogP contribution in [0.1, 0.15) is 6.42 Å². The molecule has 0 atom stereocenters. The summed E-state index contributed by atoms with van der Waals surface area (Å²) < 4.78 is 7.42. The Balaban J connectivity index is 3.72. The van der Waals surface area contributed by atoms with E-state index < -0.39 is 33.0 Å². The summed E-state index contributed by atoms with van der Waals surface area (Å²) in [5.74, 6) is -2.53. The molecule has 0 aromatic carbocycles. The van der Waals surface area contributed by atoms with Crippen molar-refractivity contribution in [3.05, 3.63) is 0 Å². The Kier molecular flexibility index (Phi) is 5.07. The van der Waals surface area contributed by atoms with Crippen LogP contribution in [0.3, 0.4) is 0 Å². The molecular formula is C3H6B2O8. The molecule has 0 bridgehead atoms. The lowest BCUT2D eigenvalue weighted by Crippen LogP contribution is -2.27. The smallest absolute Gasteiger partial charge is 0.485 e.